The summed E-state index contributed by atoms with van der Waals surface area (Å²) >= 11 is 0. The lowest BCUT2D eigenvalue weighted by Gasteiger charge is -2.37. The molecule has 0 saturated carbocycles. The molecule has 6 heteroatoms. The number of ether oxygens (including phenoxy) is 2. The van der Waals surface area contributed by atoms with E-state index in [0.717, 1.165) is 55.1 Å². The van der Waals surface area contributed by atoms with Gasteiger partial charge in [0.1, 0.15) is 5.75 Å². The zero-order chi connectivity index (χ0) is 19.1. The van der Waals surface area contributed by atoms with Crippen molar-refractivity contribution in [2.45, 2.75) is 13.0 Å². The van der Waals surface area contributed by atoms with E-state index < -0.39 is 0 Å². The van der Waals surface area contributed by atoms with E-state index in [4.69, 9.17) is 9.47 Å². The largest absolute Gasteiger partial charge is 0.496 e. The van der Waals surface area contributed by atoms with Crippen molar-refractivity contribution >= 4 is 16.9 Å². The number of fused-ring (bicyclic) bond motifs is 1. The van der Waals surface area contributed by atoms with Crippen LogP contribution in [0.2, 0.25) is 0 Å². The van der Waals surface area contributed by atoms with Crippen molar-refractivity contribution in [1.82, 2.24) is 14.5 Å². The standard InChI is InChI=1S/C22H23N3O3/c1-27-20-5-3-2-4-17(20)11-25-15-23-18-10-16(6-7-19(18)25)21(26)24-9-8-22(12-24)13-28-14-22/h2-7,10,15H,8-9,11-14H2,1H3. The molecule has 3 heterocycles. The number of likely N-dealkylation sites (tertiary alicyclic amines) is 1. The Morgan fingerprint density at radius 3 is 2.86 bits per heavy atom. The first-order valence-corrected chi connectivity index (χ1v) is 9.61. The predicted molar refractivity (Wildman–Crippen MR) is 106 cm³/mol. The van der Waals surface area contributed by atoms with Crippen molar-refractivity contribution in [3.8, 4) is 5.75 Å². The van der Waals surface area contributed by atoms with Crippen LogP contribution in [0, 0.1) is 5.41 Å². The molecule has 1 aromatic heterocycles. The molecule has 5 rings (SSSR count). The van der Waals surface area contributed by atoms with E-state index in [2.05, 4.69) is 15.6 Å². The molecule has 1 amide bonds. The summed E-state index contributed by atoms with van der Waals surface area (Å²) in [4.78, 5) is 19.4. The quantitative estimate of drug-likeness (QED) is 0.701. The second-order valence-electron chi connectivity index (χ2n) is 7.86. The van der Waals surface area contributed by atoms with Gasteiger partial charge >= 0.3 is 0 Å². The summed E-state index contributed by atoms with van der Waals surface area (Å²) in [5.41, 5.74) is 3.84. The first-order valence-electron chi connectivity index (χ1n) is 9.61. The van der Waals surface area contributed by atoms with Gasteiger partial charge in [0.25, 0.3) is 5.91 Å². The third-order valence-electron chi connectivity index (χ3n) is 5.94. The molecule has 0 atom stereocenters. The monoisotopic (exact) mass is 377 g/mol. The third-order valence-corrected chi connectivity index (χ3v) is 5.94. The van der Waals surface area contributed by atoms with Crippen molar-refractivity contribution in [3.05, 3.63) is 59.9 Å². The van der Waals surface area contributed by atoms with Gasteiger partial charge in [0, 0.05) is 29.6 Å². The molecule has 0 bridgehead atoms. The van der Waals surface area contributed by atoms with Gasteiger partial charge in [0.05, 0.1) is 44.2 Å². The molecule has 6 nitrogen and oxygen atoms in total. The van der Waals surface area contributed by atoms with Gasteiger partial charge < -0.3 is 18.9 Å². The van der Waals surface area contributed by atoms with Crippen LogP contribution in [0.15, 0.2) is 48.8 Å². The lowest BCUT2D eigenvalue weighted by Crippen LogP contribution is -2.45. The molecular weight excluding hydrogens is 354 g/mol. The number of aromatic nitrogens is 2. The Morgan fingerprint density at radius 2 is 2.11 bits per heavy atom. The summed E-state index contributed by atoms with van der Waals surface area (Å²) in [6.45, 7) is 3.84. The Morgan fingerprint density at radius 1 is 1.25 bits per heavy atom. The van der Waals surface area contributed by atoms with Crippen LogP contribution in [0.25, 0.3) is 11.0 Å². The smallest absolute Gasteiger partial charge is 0.253 e. The van der Waals surface area contributed by atoms with Crippen LogP contribution in [-0.2, 0) is 11.3 Å². The lowest BCUT2D eigenvalue weighted by molar-refractivity contribution is -0.103. The van der Waals surface area contributed by atoms with E-state index in [-0.39, 0.29) is 11.3 Å². The number of hydrogen-bond donors (Lipinski definition) is 0. The van der Waals surface area contributed by atoms with Gasteiger partial charge in [-0.3, -0.25) is 4.79 Å². The number of para-hydroxylation sites is 1. The van der Waals surface area contributed by atoms with Crippen molar-refractivity contribution in [3.63, 3.8) is 0 Å². The van der Waals surface area contributed by atoms with Crippen LogP contribution in [0.1, 0.15) is 22.3 Å². The minimum atomic E-state index is 0.0879. The number of nitrogens with zero attached hydrogens (tertiary/aromatic N) is 3. The van der Waals surface area contributed by atoms with E-state index in [9.17, 15) is 4.79 Å². The van der Waals surface area contributed by atoms with E-state index in [1.807, 2.05) is 47.6 Å². The van der Waals surface area contributed by atoms with Crippen LogP contribution in [0.3, 0.4) is 0 Å². The maximum Gasteiger partial charge on any atom is 0.253 e. The second kappa shape index (κ2) is 6.63. The highest BCUT2D eigenvalue weighted by Crippen LogP contribution is 2.38. The van der Waals surface area contributed by atoms with Crippen molar-refractivity contribution in [2.24, 2.45) is 5.41 Å². The van der Waals surface area contributed by atoms with Gasteiger partial charge in [-0.2, -0.15) is 0 Å². The van der Waals surface area contributed by atoms with Crippen molar-refractivity contribution in [2.75, 3.05) is 33.4 Å². The fraction of sp³-hybridized carbons (Fsp3) is 0.364. The molecule has 2 fully saturated rings. The van der Waals surface area contributed by atoms with Crippen molar-refractivity contribution < 1.29 is 14.3 Å². The Bertz CT molecular complexity index is 1040. The number of rotatable bonds is 4. The number of imidazole rings is 1. The summed E-state index contributed by atoms with van der Waals surface area (Å²) < 4.78 is 12.9. The minimum Gasteiger partial charge on any atom is -0.496 e. The zero-order valence-electron chi connectivity index (χ0n) is 15.9. The summed E-state index contributed by atoms with van der Waals surface area (Å²) in [6.07, 6.45) is 2.86. The van der Waals surface area contributed by atoms with Crippen LogP contribution in [0.5, 0.6) is 5.75 Å². The molecule has 0 unspecified atom stereocenters. The molecule has 2 aromatic carbocycles. The maximum absolute atomic E-state index is 12.9. The summed E-state index contributed by atoms with van der Waals surface area (Å²) in [5, 5.41) is 0. The number of carbonyl (C=O) groups excluding carboxylic acids is 1. The highest BCUT2D eigenvalue weighted by atomic mass is 16.5. The minimum absolute atomic E-state index is 0.0879. The second-order valence-corrected chi connectivity index (χ2v) is 7.86. The fourth-order valence-electron chi connectivity index (χ4n) is 4.26. The Labute approximate surface area is 163 Å². The van der Waals surface area contributed by atoms with E-state index >= 15 is 0 Å². The lowest BCUT2D eigenvalue weighted by atomic mass is 9.85. The number of carbonyl (C=O) groups is 1. The highest BCUT2D eigenvalue weighted by molar-refractivity contribution is 5.97. The Kier molecular flexibility index (Phi) is 4.09. The molecule has 0 radical (unpaired) electrons. The van der Waals surface area contributed by atoms with E-state index in [0.29, 0.717) is 12.1 Å². The molecule has 1 spiro atoms. The Balaban J connectivity index is 1.38. The zero-order valence-corrected chi connectivity index (χ0v) is 15.9. The van der Waals surface area contributed by atoms with Crippen LogP contribution in [0.4, 0.5) is 0 Å². The molecule has 2 aliphatic rings. The number of amides is 1. The van der Waals surface area contributed by atoms with Gasteiger partial charge in [-0.15, -0.1) is 0 Å². The average molecular weight is 377 g/mol. The SMILES string of the molecule is COc1ccccc1Cn1cnc2cc(C(=O)N3CCC4(COC4)C3)ccc21. The number of benzene rings is 2. The summed E-state index contributed by atoms with van der Waals surface area (Å²) in [6, 6.07) is 13.8. The van der Waals surface area contributed by atoms with Crippen LogP contribution in [-0.4, -0.2) is 53.8 Å². The Hall–Kier alpha value is -2.86. The fourth-order valence-corrected chi connectivity index (χ4v) is 4.26. The topological polar surface area (TPSA) is 56.6 Å². The normalized spacial score (nSPS) is 17.8. The molecule has 3 aromatic rings. The molecule has 28 heavy (non-hydrogen) atoms. The summed E-state index contributed by atoms with van der Waals surface area (Å²) in [7, 11) is 1.68. The number of hydrogen-bond acceptors (Lipinski definition) is 4. The third kappa shape index (κ3) is 2.85. The van der Waals surface area contributed by atoms with Gasteiger partial charge in [0.2, 0.25) is 0 Å². The molecular formula is C22H23N3O3. The molecule has 0 N–H and O–H groups in total. The predicted octanol–water partition coefficient (Wildman–Crippen LogP) is 2.96. The molecule has 0 aliphatic carbocycles. The molecule has 2 saturated heterocycles. The van der Waals surface area contributed by atoms with Gasteiger partial charge in [0.15, 0.2) is 0 Å². The van der Waals surface area contributed by atoms with Crippen LogP contribution < -0.4 is 4.74 Å². The van der Waals surface area contributed by atoms with E-state index in [1.54, 1.807) is 7.11 Å². The molecule has 144 valence electrons. The number of methoxy groups -OCH3 is 1. The van der Waals surface area contributed by atoms with Crippen molar-refractivity contribution in [1.29, 1.82) is 0 Å². The first-order chi connectivity index (χ1) is 13.7. The van der Waals surface area contributed by atoms with Gasteiger partial charge in [-0.05, 0) is 30.7 Å². The first kappa shape index (κ1) is 17.3. The van der Waals surface area contributed by atoms with E-state index in [1.165, 1.54) is 0 Å². The maximum atomic E-state index is 12.9. The van der Waals surface area contributed by atoms with Crippen LogP contribution >= 0.6 is 0 Å². The van der Waals surface area contributed by atoms with Gasteiger partial charge in [-0.25, -0.2) is 4.98 Å². The average Bonchev–Trinajstić information content (AvgIpc) is 3.32. The summed E-state index contributed by atoms with van der Waals surface area (Å²) in [5.74, 6) is 0.948. The van der Waals surface area contributed by atoms with Gasteiger partial charge in [-0.1, -0.05) is 18.2 Å². The molecule has 2 aliphatic heterocycles. The highest BCUT2D eigenvalue weighted by Gasteiger charge is 2.45.